The summed E-state index contributed by atoms with van der Waals surface area (Å²) in [7, 11) is 0. The molecule has 0 N–H and O–H groups in total. The molecule has 72 valence electrons. The van der Waals surface area contributed by atoms with Gasteiger partial charge in [0, 0.05) is 18.5 Å². The van der Waals surface area contributed by atoms with Gasteiger partial charge in [-0.1, -0.05) is 0 Å². The summed E-state index contributed by atoms with van der Waals surface area (Å²) in [6.45, 7) is 0. The zero-order valence-electron chi connectivity index (χ0n) is 6.63. The minimum Gasteiger partial charge on any atom is -0.406 e. The maximum absolute atomic E-state index is 12.0. The Morgan fingerprint density at radius 3 is 2.46 bits per heavy atom. The van der Waals surface area contributed by atoms with Crippen molar-refractivity contribution in [2.45, 2.75) is 6.18 Å². The predicted octanol–water partition coefficient (Wildman–Crippen LogP) is 2.76. The number of halogens is 3. The van der Waals surface area contributed by atoms with E-state index in [9.17, 15) is 13.2 Å². The predicted molar refractivity (Wildman–Crippen MR) is 43.4 cm³/mol. The van der Waals surface area contributed by atoms with Crippen molar-refractivity contribution in [2.24, 2.45) is 0 Å². The summed E-state index contributed by atoms with van der Waals surface area (Å²) in [4.78, 5) is 3.47. The van der Waals surface area contributed by atoms with Crippen molar-refractivity contribution < 1.29 is 17.4 Å². The summed E-state index contributed by atoms with van der Waals surface area (Å²) in [5, 5.41) is 0. The summed E-state index contributed by atoms with van der Waals surface area (Å²) in [6.07, 6.45) is -1.95. The van der Waals surface area contributed by atoms with E-state index in [2.05, 4.69) is 4.98 Å². The Balaban J connectivity index is 2.81. The quantitative estimate of drug-likeness (QED) is 0.699. The lowest BCUT2D eigenvalue weighted by Gasteiger charge is -2.05. The van der Waals surface area contributed by atoms with Crippen LogP contribution in [0.3, 0.4) is 0 Å². The van der Waals surface area contributed by atoms with E-state index in [1.54, 1.807) is 6.26 Å². The molecule has 0 fully saturated rings. The Morgan fingerprint density at radius 2 is 2.08 bits per heavy atom. The van der Waals surface area contributed by atoms with Crippen molar-refractivity contribution in [3.63, 3.8) is 0 Å². The molecule has 0 saturated heterocycles. The molecular weight excluding hydrogens is 203 g/mol. The Labute approximate surface area is 77.3 Å². The van der Waals surface area contributed by atoms with Gasteiger partial charge in [0.15, 0.2) is 0 Å². The Kier molecular flexibility index (Phi) is 3.02. The first-order valence-corrected chi connectivity index (χ1v) is 4.43. The first-order chi connectivity index (χ1) is 6.04. The maximum atomic E-state index is 12.0. The Bertz CT molecular complexity index is 272. The SMILES string of the molecule is CSOc1ccc(C(F)(F)F)cn1. The van der Waals surface area contributed by atoms with E-state index >= 15 is 0 Å². The van der Waals surface area contributed by atoms with E-state index in [-0.39, 0.29) is 5.88 Å². The average Bonchev–Trinajstić information content (AvgIpc) is 2.04. The average molecular weight is 209 g/mol. The standard InChI is InChI=1S/C7H6F3NOS/c1-13-12-6-3-2-5(4-11-6)7(8,9)10/h2-4H,1H3. The highest BCUT2D eigenvalue weighted by Gasteiger charge is 2.30. The molecule has 6 heteroatoms. The van der Waals surface area contributed by atoms with Crippen LogP contribution in [0.2, 0.25) is 0 Å². The van der Waals surface area contributed by atoms with Crippen LogP contribution in [0.25, 0.3) is 0 Å². The molecule has 1 rings (SSSR count). The molecule has 0 radical (unpaired) electrons. The topological polar surface area (TPSA) is 22.1 Å². The largest absolute Gasteiger partial charge is 0.417 e. The molecule has 0 unspecified atom stereocenters. The van der Waals surface area contributed by atoms with Crippen molar-refractivity contribution in [3.8, 4) is 5.88 Å². The van der Waals surface area contributed by atoms with Crippen LogP contribution in [0, 0.1) is 0 Å². The molecule has 1 heterocycles. The van der Waals surface area contributed by atoms with Gasteiger partial charge in [0.1, 0.15) is 0 Å². The summed E-state index contributed by atoms with van der Waals surface area (Å²) >= 11 is 1.02. The molecule has 0 saturated carbocycles. The van der Waals surface area contributed by atoms with E-state index in [0.717, 1.165) is 24.3 Å². The van der Waals surface area contributed by atoms with E-state index in [0.29, 0.717) is 0 Å². The third-order valence-electron chi connectivity index (χ3n) is 1.23. The summed E-state index contributed by atoms with van der Waals surface area (Å²) in [5.74, 6) is 0.167. The third kappa shape index (κ3) is 2.80. The summed E-state index contributed by atoms with van der Waals surface area (Å²) in [5.41, 5.74) is -0.777. The van der Waals surface area contributed by atoms with Crippen molar-refractivity contribution in [1.29, 1.82) is 0 Å². The molecule has 0 spiro atoms. The number of alkyl halides is 3. The number of pyridine rings is 1. The molecule has 0 amide bonds. The van der Waals surface area contributed by atoms with Gasteiger partial charge in [-0.05, 0) is 6.07 Å². The fourth-order valence-electron chi connectivity index (χ4n) is 0.683. The molecule has 0 aromatic carbocycles. The lowest BCUT2D eigenvalue weighted by Crippen LogP contribution is -2.04. The number of rotatable bonds is 2. The van der Waals surface area contributed by atoms with Gasteiger partial charge < -0.3 is 4.18 Å². The summed E-state index contributed by atoms with van der Waals surface area (Å²) < 4.78 is 40.9. The van der Waals surface area contributed by atoms with Gasteiger partial charge >= 0.3 is 6.18 Å². The number of aromatic nitrogens is 1. The lowest BCUT2D eigenvalue weighted by atomic mass is 10.3. The molecule has 0 aliphatic rings. The van der Waals surface area contributed by atoms with Crippen LogP contribution in [0.5, 0.6) is 5.88 Å². The number of hydrogen-bond acceptors (Lipinski definition) is 3. The van der Waals surface area contributed by atoms with E-state index in [4.69, 9.17) is 4.18 Å². The number of nitrogens with zero attached hydrogens (tertiary/aromatic N) is 1. The van der Waals surface area contributed by atoms with E-state index in [1.165, 1.54) is 6.07 Å². The molecule has 0 bridgehead atoms. The molecule has 1 aromatic heterocycles. The zero-order valence-corrected chi connectivity index (χ0v) is 7.45. The highest BCUT2D eigenvalue weighted by molar-refractivity contribution is 7.94. The van der Waals surface area contributed by atoms with Gasteiger partial charge in [0.2, 0.25) is 5.88 Å². The maximum Gasteiger partial charge on any atom is 0.417 e. The molecule has 2 nitrogen and oxygen atoms in total. The van der Waals surface area contributed by atoms with Crippen LogP contribution in [0.4, 0.5) is 13.2 Å². The van der Waals surface area contributed by atoms with Crippen molar-refractivity contribution in [2.75, 3.05) is 6.26 Å². The molecule has 0 aliphatic heterocycles. The molecule has 1 aromatic rings. The first kappa shape index (κ1) is 10.2. The van der Waals surface area contributed by atoms with Crippen molar-refractivity contribution >= 4 is 12.0 Å². The van der Waals surface area contributed by atoms with Crippen molar-refractivity contribution in [3.05, 3.63) is 23.9 Å². The third-order valence-corrected chi connectivity index (χ3v) is 1.57. The van der Waals surface area contributed by atoms with Gasteiger partial charge in [-0.15, -0.1) is 0 Å². The van der Waals surface area contributed by atoms with Crippen LogP contribution >= 0.6 is 12.0 Å². The fraction of sp³-hybridized carbons (Fsp3) is 0.286. The van der Waals surface area contributed by atoms with Crippen molar-refractivity contribution in [1.82, 2.24) is 4.98 Å². The van der Waals surface area contributed by atoms with Gasteiger partial charge in [-0.25, -0.2) is 4.98 Å². The van der Waals surface area contributed by atoms with Crippen LogP contribution in [-0.4, -0.2) is 11.2 Å². The van der Waals surface area contributed by atoms with Crippen LogP contribution in [-0.2, 0) is 6.18 Å². The lowest BCUT2D eigenvalue weighted by molar-refractivity contribution is -0.137. The normalized spacial score (nSPS) is 11.4. The summed E-state index contributed by atoms with van der Waals surface area (Å²) in [6, 6.07) is 2.11. The highest BCUT2D eigenvalue weighted by atomic mass is 32.2. The second kappa shape index (κ2) is 3.87. The second-order valence-electron chi connectivity index (χ2n) is 2.13. The molecule has 13 heavy (non-hydrogen) atoms. The van der Waals surface area contributed by atoms with Gasteiger partial charge in [-0.2, -0.15) is 13.2 Å². The van der Waals surface area contributed by atoms with Crippen LogP contribution in [0.1, 0.15) is 5.56 Å². The monoisotopic (exact) mass is 209 g/mol. The van der Waals surface area contributed by atoms with Gasteiger partial charge in [0.25, 0.3) is 0 Å². The Morgan fingerprint density at radius 1 is 1.38 bits per heavy atom. The molecule has 0 atom stereocenters. The smallest absolute Gasteiger partial charge is 0.406 e. The van der Waals surface area contributed by atoms with E-state index < -0.39 is 11.7 Å². The minimum atomic E-state index is -4.34. The molecular formula is C7H6F3NOS. The van der Waals surface area contributed by atoms with Crippen LogP contribution < -0.4 is 4.18 Å². The van der Waals surface area contributed by atoms with Gasteiger partial charge in [0.05, 0.1) is 17.6 Å². The first-order valence-electron chi connectivity index (χ1n) is 3.28. The Hall–Kier alpha value is -0.910. The molecule has 0 aliphatic carbocycles. The minimum absolute atomic E-state index is 0.167. The van der Waals surface area contributed by atoms with Crippen LogP contribution in [0.15, 0.2) is 18.3 Å². The second-order valence-corrected chi connectivity index (χ2v) is 2.63. The fourth-order valence-corrected chi connectivity index (χ4v) is 0.952. The zero-order chi connectivity index (χ0) is 9.90. The number of hydrogen-bond donors (Lipinski definition) is 0. The van der Waals surface area contributed by atoms with E-state index in [1.807, 2.05) is 0 Å². The highest BCUT2D eigenvalue weighted by Crippen LogP contribution is 2.29. The van der Waals surface area contributed by atoms with Gasteiger partial charge in [-0.3, -0.25) is 0 Å².